The van der Waals surface area contributed by atoms with Crippen molar-refractivity contribution in [3.8, 4) is 0 Å². The van der Waals surface area contributed by atoms with Crippen LogP contribution in [0.4, 0.5) is 0 Å². The van der Waals surface area contributed by atoms with Gasteiger partial charge in [0.2, 0.25) is 5.91 Å². The van der Waals surface area contributed by atoms with Gasteiger partial charge in [0, 0.05) is 6.54 Å². The van der Waals surface area contributed by atoms with E-state index >= 15 is 0 Å². The lowest BCUT2D eigenvalue weighted by Gasteiger charge is -2.17. The monoisotopic (exact) mass is 202 g/mol. The molecule has 0 heterocycles. The molecule has 84 valence electrons. The van der Waals surface area contributed by atoms with Gasteiger partial charge in [0.25, 0.3) is 0 Å². The Kier molecular flexibility index (Phi) is 6.49. The Morgan fingerprint density at radius 1 is 1.50 bits per heavy atom. The number of carbonyl (C=O) groups excluding carboxylic acids is 1. The minimum Gasteiger partial charge on any atom is -0.393 e. The Balaban J connectivity index is 3.73. The van der Waals surface area contributed by atoms with Gasteiger partial charge in [0.05, 0.1) is 12.1 Å². The molecule has 0 bridgehead atoms. The summed E-state index contributed by atoms with van der Waals surface area (Å²) in [6.07, 6.45) is 1.08. The molecule has 1 amide bonds. The number of aliphatic hydroxyl groups is 1. The van der Waals surface area contributed by atoms with Crippen molar-refractivity contribution in [3.05, 3.63) is 0 Å². The molecule has 3 atom stereocenters. The highest BCUT2D eigenvalue weighted by atomic mass is 16.3. The molecule has 14 heavy (non-hydrogen) atoms. The van der Waals surface area contributed by atoms with Crippen molar-refractivity contribution in [2.75, 3.05) is 6.54 Å². The van der Waals surface area contributed by atoms with Crippen molar-refractivity contribution in [2.24, 2.45) is 11.7 Å². The Bertz CT molecular complexity index is 172. The molecule has 0 saturated heterocycles. The maximum atomic E-state index is 11.4. The normalized spacial score (nSPS) is 17.2. The first-order valence-electron chi connectivity index (χ1n) is 5.20. The van der Waals surface area contributed by atoms with Crippen molar-refractivity contribution in [1.82, 2.24) is 5.32 Å². The molecular formula is C10H22N2O2. The maximum absolute atomic E-state index is 11.4. The fourth-order valence-electron chi connectivity index (χ4n) is 1.03. The van der Waals surface area contributed by atoms with Crippen LogP contribution in [0, 0.1) is 5.92 Å². The van der Waals surface area contributed by atoms with Crippen LogP contribution in [-0.4, -0.2) is 29.7 Å². The third-order valence-corrected chi connectivity index (χ3v) is 2.42. The van der Waals surface area contributed by atoms with Gasteiger partial charge in [-0.15, -0.1) is 0 Å². The highest BCUT2D eigenvalue weighted by Gasteiger charge is 2.18. The van der Waals surface area contributed by atoms with Crippen LogP contribution in [0.1, 0.15) is 33.6 Å². The summed E-state index contributed by atoms with van der Waals surface area (Å²) in [5.41, 5.74) is 5.71. The largest absolute Gasteiger partial charge is 0.393 e. The summed E-state index contributed by atoms with van der Waals surface area (Å²) in [6, 6.07) is -0.436. The molecule has 0 aromatic carbocycles. The molecular weight excluding hydrogens is 180 g/mol. The zero-order valence-electron chi connectivity index (χ0n) is 9.29. The lowest BCUT2D eigenvalue weighted by Crippen LogP contribution is -2.45. The average Bonchev–Trinajstić information content (AvgIpc) is 2.14. The van der Waals surface area contributed by atoms with Gasteiger partial charge < -0.3 is 16.2 Å². The van der Waals surface area contributed by atoms with Crippen LogP contribution in [-0.2, 0) is 4.79 Å². The molecule has 0 fully saturated rings. The highest BCUT2D eigenvalue weighted by Crippen LogP contribution is 2.04. The van der Waals surface area contributed by atoms with Crippen molar-refractivity contribution < 1.29 is 9.90 Å². The predicted octanol–water partition coefficient (Wildman–Crippen LogP) is 0.247. The van der Waals surface area contributed by atoms with Crippen LogP contribution in [0.3, 0.4) is 0 Å². The fraction of sp³-hybridized carbons (Fsp3) is 0.900. The first-order valence-corrected chi connectivity index (χ1v) is 5.20. The second-order valence-electron chi connectivity index (χ2n) is 3.84. The van der Waals surface area contributed by atoms with Gasteiger partial charge >= 0.3 is 0 Å². The molecule has 0 aromatic heterocycles. The summed E-state index contributed by atoms with van der Waals surface area (Å²) in [5.74, 6) is 0.0709. The molecule has 0 aliphatic rings. The van der Waals surface area contributed by atoms with E-state index < -0.39 is 6.04 Å². The molecule has 1 unspecified atom stereocenters. The molecule has 0 radical (unpaired) electrons. The fourth-order valence-corrected chi connectivity index (χ4v) is 1.03. The number of nitrogens with two attached hydrogens (primary N) is 1. The van der Waals surface area contributed by atoms with E-state index in [1.165, 1.54) is 0 Å². The molecule has 0 aliphatic carbocycles. The topological polar surface area (TPSA) is 75.4 Å². The third kappa shape index (κ3) is 5.19. The van der Waals surface area contributed by atoms with Crippen LogP contribution in [0.15, 0.2) is 0 Å². The summed E-state index contributed by atoms with van der Waals surface area (Å²) in [7, 11) is 0. The van der Waals surface area contributed by atoms with E-state index in [4.69, 9.17) is 10.8 Å². The molecule has 4 N–H and O–H groups in total. The van der Waals surface area contributed by atoms with E-state index in [9.17, 15) is 4.79 Å². The quantitative estimate of drug-likeness (QED) is 0.578. The summed E-state index contributed by atoms with van der Waals surface area (Å²) >= 11 is 0. The van der Waals surface area contributed by atoms with Crippen molar-refractivity contribution in [2.45, 2.75) is 45.8 Å². The molecule has 0 spiro atoms. The molecule has 0 aromatic rings. The smallest absolute Gasteiger partial charge is 0.237 e. The van der Waals surface area contributed by atoms with Crippen LogP contribution in [0.25, 0.3) is 0 Å². The Labute approximate surface area is 85.9 Å². The summed E-state index contributed by atoms with van der Waals surface area (Å²) in [6.45, 7) is 6.15. The predicted molar refractivity (Wildman–Crippen MR) is 56.7 cm³/mol. The first kappa shape index (κ1) is 13.4. The molecule has 0 aliphatic heterocycles. The minimum absolute atomic E-state index is 0.125. The number of carbonyl (C=O) groups is 1. The zero-order valence-corrected chi connectivity index (χ0v) is 9.29. The van der Waals surface area contributed by atoms with Crippen molar-refractivity contribution in [3.63, 3.8) is 0 Å². The van der Waals surface area contributed by atoms with Crippen LogP contribution in [0.5, 0.6) is 0 Å². The van der Waals surface area contributed by atoms with Gasteiger partial charge in [-0.05, 0) is 19.3 Å². The first-order chi connectivity index (χ1) is 6.49. The second-order valence-corrected chi connectivity index (χ2v) is 3.84. The average molecular weight is 202 g/mol. The van der Waals surface area contributed by atoms with Gasteiger partial charge in [-0.2, -0.15) is 0 Å². The van der Waals surface area contributed by atoms with Crippen molar-refractivity contribution >= 4 is 5.91 Å². The maximum Gasteiger partial charge on any atom is 0.237 e. The Morgan fingerprint density at radius 2 is 2.07 bits per heavy atom. The summed E-state index contributed by atoms with van der Waals surface area (Å²) in [4.78, 5) is 11.4. The molecule has 4 heteroatoms. The second kappa shape index (κ2) is 6.79. The van der Waals surface area contributed by atoms with E-state index in [-0.39, 0.29) is 17.9 Å². The van der Waals surface area contributed by atoms with E-state index in [2.05, 4.69) is 5.32 Å². The number of rotatable bonds is 6. The summed E-state index contributed by atoms with van der Waals surface area (Å²) in [5, 5.41) is 11.7. The highest BCUT2D eigenvalue weighted by molar-refractivity contribution is 5.81. The number of hydrogen-bond acceptors (Lipinski definition) is 3. The van der Waals surface area contributed by atoms with E-state index in [1.807, 2.05) is 13.8 Å². The van der Waals surface area contributed by atoms with Crippen molar-refractivity contribution in [1.29, 1.82) is 0 Å². The van der Waals surface area contributed by atoms with Gasteiger partial charge in [0.15, 0.2) is 0 Å². The standard InChI is InChI=1S/C10H22N2O2/c1-4-7(2)9(11)10(14)12-6-5-8(3)13/h7-9,13H,4-6,11H2,1-3H3,(H,12,14)/t7-,8?,9-/m0/s1. The lowest BCUT2D eigenvalue weighted by molar-refractivity contribution is -0.123. The lowest BCUT2D eigenvalue weighted by atomic mass is 9.99. The van der Waals surface area contributed by atoms with E-state index in [0.29, 0.717) is 13.0 Å². The minimum atomic E-state index is -0.436. The van der Waals surface area contributed by atoms with E-state index in [0.717, 1.165) is 6.42 Å². The Hall–Kier alpha value is -0.610. The number of aliphatic hydroxyl groups excluding tert-OH is 1. The summed E-state index contributed by atoms with van der Waals surface area (Å²) < 4.78 is 0. The van der Waals surface area contributed by atoms with Crippen LogP contribution < -0.4 is 11.1 Å². The van der Waals surface area contributed by atoms with E-state index in [1.54, 1.807) is 6.92 Å². The van der Waals surface area contributed by atoms with Crippen LogP contribution in [0.2, 0.25) is 0 Å². The van der Waals surface area contributed by atoms with Gasteiger partial charge in [-0.3, -0.25) is 4.79 Å². The molecule has 0 rings (SSSR count). The molecule has 4 nitrogen and oxygen atoms in total. The zero-order chi connectivity index (χ0) is 11.1. The number of nitrogens with one attached hydrogen (secondary N) is 1. The third-order valence-electron chi connectivity index (χ3n) is 2.42. The van der Waals surface area contributed by atoms with Gasteiger partial charge in [-0.25, -0.2) is 0 Å². The van der Waals surface area contributed by atoms with Gasteiger partial charge in [0.1, 0.15) is 0 Å². The van der Waals surface area contributed by atoms with Crippen LogP contribution >= 0.6 is 0 Å². The van der Waals surface area contributed by atoms with Gasteiger partial charge in [-0.1, -0.05) is 20.3 Å². The number of hydrogen-bond donors (Lipinski definition) is 3. The molecule has 0 saturated carbocycles. The SMILES string of the molecule is CC[C@H](C)[C@H](N)C(=O)NCCC(C)O. The number of amides is 1. The Morgan fingerprint density at radius 3 is 2.50 bits per heavy atom.